The van der Waals surface area contributed by atoms with Crippen LogP contribution in [0.1, 0.15) is 16.2 Å². The molecule has 6 aromatic rings. The van der Waals surface area contributed by atoms with Gasteiger partial charge in [0.1, 0.15) is 5.82 Å². The SMILES string of the molecule is O=C(NCCc1nc2ccccc2[nH]1)c1ccc2nc(-c3ccccc3)c(-c3ccccc3)nc2c1. The number of carbonyl (C=O) groups is 1. The average Bonchev–Trinajstić information content (AvgIpc) is 3.36. The number of H-pyrrole nitrogens is 1. The second kappa shape index (κ2) is 9.43. The third-order valence-corrected chi connectivity index (χ3v) is 6.11. The number of hydrogen-bond acceptors (Lipinski definition) is 4. The van der Waals surface area contributed by atoms with Crippen molar-refractivity contribution < 1.29 is 4.79 Å². The fourth-order valence-corrected chi connectivity index (χ4v) is 4.31. The zero-order valence-corrected chi connectivity index (χ0v) is 19.5. The van der Waals surface area contributed by atoms with Crippen LogP contribution in [0.2, 0.25) is 0 Å². The number of para-hydroxylation sites is 2. The first-order valence-electron chi connectivity index (χ1n) is 11.9. The van der Waals surface area contributed by atoms with Gasteiger partial charge in [-0.15, -0.1) is 0 Å². The number of nitrogens with one attached hydrogen (secondary N) is 2. The monoisotopic (exact) mass is 469 g/mol. The summed E-state index contributed by atoms with van der Waals surface area (Å²) in [5.74, 6) is 0.699. The van der Waals surface area contributed by atoms with Crippen molar-refractivity contribution in [1.82, 2.24) is 25.3 Å². The van der Waals surface area contributed by atoms with Crippen LogP contribution in [0.3, 0.4) is 0 Å². The lowest BCUT2D eigenvalue weighted by Crippen LogP contribution is -2.25. The maximum Gasteiger partial charge on any atom is 0.251 e. The Balaban J connectivity index is 1.27. The zero-order chi connectivity index (χ0) is 24.3. The normalized spacial score (nSPS) is 11.1. The van der Waals surface area contributed by atoms with E-state index in [0.29, 0.717) is 24.0 Å². The van der Waals surface area contributed by atoms with Crippen LogP contribution < -0.4 is 5.32 Å². The number of benzene rings is 4. The van der Waals surface area contributed by atoms with Crippen molar-refractivity contribution in [3.63, 3.8) is 0 Å². The number of nitrogens with zero attached hydrogens (tertiary/aromatic N) is 3. The van der Waals surface area contributed by atoms with E-state index in [1.165, 1.54) is 0 Å². The molecule has 36 heavy (non-hydrogen) atoms. The molecule has 0 saturated carbocycles. The van der Waals surface area contributed by atoms with Crippen molar-refractivity contribution in [2.45, 2.75) is 6.42 Å². The van der Waals surface area contributed by atoms with Gasteiger partial charge in [0.25, 0.3) is 5.91 Å². The molecule has 6 nitrogen and oxygen atoms in total. The van der Waals surface area contributed by atoms with Crippen LogP contribution in [0.4, 0.5) is 0 Å². The first kappa shape index (κ1) is 21.7. The van der Waals surface area contributed by atoms with Gasteiger partial charge in [-0.05, 0) is 30.3 Å². The van der Waals surface area contributed by atoms with Crippen molar-refractivity contribution in [2.24, 2.45) is 0 Å². The molecule has 0 aliphatic rings. The third-order valence-electron chi connectivity index (χ3n) is 6.11. The van der Waals surface area contributed by atoms with Crippen LogP contribution in [0.25, 0.3) is 44.6 Å². The Morgan fingerprint density at radius 2 is 1.31 bits per heavy atom. The van der Waals surface area contributed by atoms with Gasteiger partial charge in [0.2, 0.25) is 0 Å². The molecule has 2 N–H and O–H groups in total. The van der Waals surface area contributed by atoms with E-state index >= 15 is 0 Å². The summed E-state index contributed by atoms with van der Waals surface area (Å²) < 4.78 is 0. The van der Waals surface area contributed by atoms with Crippen molar-refractivity contribution >= 4 is 28.0 Å². The van der Waals surface area contributed by atoms with Crippen LogP contribution in [0.5, 0.6) is 0 Å². The minimum Gasteiger partial charge on any atom is -0.352 e. The number of imidazole rings is 1. The smallest absolute Gasteiger partial charge is 0.251 e. The minimum atomic E-state index is -0.150. The number of aromatic amines is 1. The molecular weight excluding hydrogens is 446 g/mol. The highest BCUT2D eigenvalue weighted by Gasteiger charge is 2.15. The van der Waals surface area contributed by atoms with E-state index in [-0.39, 0.29) is 5.91 Å². The van der Waals surface area contributed by atoms with E-state index in [0.717, 1.165) is 44.9 Å². The fraction of sp³-hybridized carbons (Fsp3) is 0.0667. The fourth-order valence-electron chi connectivity index (χ4n) is 4.31. The average molecular weight is 470 g/mol. The molecule has 0 fully saturated rings. The summed E-state index contributed by atoms with van der Waals surface area (Å²) in [5.41, 5.74) is 7.48. The molecule has 0 spiro atoms. The maximum atomic E-state index is 12.9. The maximum absolute atomic E-state index is 12.9. The molecule has 0 unspecified atom stereocenters. The van der Waals surface area contributed by atoms with E-state index < -0.39 is 0 Å². The van der Waals surface area contributed by atoms with Crippen LogP contribution in [0.15, 0.2) is 103 Å². The number of aromatic nitrogens is 4. The van der Waals surface area contributed by atoms with Crippen molar-refractivity contribution in [3.8, 4) is 22.5 Å². The van der Waals surface area contributed by atoms with E-state index in [9.17, 15) is 4.79 Å². The molecule has 0 saturated heterocycles. The lowest BCUT2D eigenvalue weighted by molar-refractivity contribution is 0.0954. The second-order valence-corrected chi connectivity index (χ2v) is 8.56. The summed E-state index contributed by atoms with van der Waals surface area (Å²) in [7, 11) is 0. The molecule has 1 amide bonds. The largest absolute Gasteiger partial charge is 0.352 e. The van der Waals surface area contributed by atoms with Crippen molar-refractivity contribution in [1.29, 1.82) is 0 Å². The number of hydrogen-bond donors (Lipinski definition) is 2. The third kappa shape index (κ3) is 4.32. The van der Waals surface area contributed by atoms with Gasteiger partial charge < -0.3 is 10.3 Å². The second-order valence-electron chi connectivity index (χ2n) is 8.56. The molecule has 4 aromatic carbocycles. The standard InChI is InChI=1S/C30H23N5O/c36-30(31-18-17-27-32-23-13-7-8-14-24(23)33-27)22-15-16-25-26(19-22)35-29(21-11-5-2-6-12-21)28(34-25)20-9-3-1-4-10-20/h1-16,19H,17-18H2,(H,31,36)(H,32,33). The van der Waals surface area contributed by atoms with Gasteiger partial charge in [-0.2, -0.15) is 0 Å². The van der Waals surface area contributed by atoms with Gasteiger partial charge in [0.15, 0.2) is 0 Å². The van der Waals surface area contributed by atoms with Gasteiger partial charge >= 0.3 is 0 Å². The Bertz CT molecular complexity index is 1640. The van der Waals surface area contributed by atoms with Crippen LogP contribution in [-0.4, -0.2) is 32.4 Å². The molecule has 0 atom stereocenters. The van der Waals surface area contributed by atoms with Gasteiger partial charge in [-0.25, -0.2) is 15.0 Å². The molecule has 2 heterocycles. The first-order chi connectivity index (χ1) is 17.7. The Labute approximate surface area is 208 Å². The highest BCUT2D eigenvalue weighted by Crippen LogP contribution is 2.31. The Hall–Kier alpha value is -4.84. The molecule has 6 rings (SSSR count). The summed E-state index contributed by atoms with van der Waals surface area (Å²) in [6.45, 7) is 0.477. The number of rotatable bonds is 6. The van der Waals surface area contributed by atoms with Crippen molar-refractivity contribution in [3.05, 3.63) is 115 Å². The Morgan fingerprint density at radius 3 is 2.00 bits per heavy atom. The van der Waals surface area contributed by atoms with Crippen LogP contribution in [0, 0.1) is 0 Å². The number of carbonyl (C=O) groups excluding carboxylic acids is 1. The summed E-state index contributed by atoms with van der Waals surface area (Å²) in [5, 5.41) is 2.99. The van der Waals surface area contributed by atoms with Gasteiger partial charge in [0.05, 0.1) is 33.5 Å². The van der Waals surface area contributed by atoms with Crippen LogP contribution >= 0.6 is 0 Å². The van der Waals surface area contributed by atoms with E-state index in [1.54, 1.807) is 12.1 Å². The van der Waals surface area contributed by atoms with E-state index in [4.69, 9.17) is 9.97 Å². The highest BCUT2D eigenvalue weighted by atomic mass is 16.1. The van der Waals surface area contributed by atoms with Crippen molar-refractivity contribution in [2.75, 3.05) is 6.54 Å². The predicted octanol–water partition coefficient (Wildman–Crippen LogP) is 5.81. The predicted molar refractivity (Wildman–Crippen MR) is 143 cm³/mol. The lowest BCUT2D eigenvalue weighted by Gasteiger charge is -2.11. The molecule has 0 aliphatic heterocycles. The quantitative estimate of drug-likeness (QED) is 0.322. The summed E-state index contributed by atoms with van der Waals surface area (Å²) in [6, 6.07) is 33.4. The first-order valence-corrected chi connectivity index (χ1v) is 11.9. The molecule has 0 radical (unpaired) electrons. The Morgan fingerprint density at radius 1 is 0.667 bits per heavy atom. The van der Waals surface area contributed by atoms with E-state index in [1.807, 2.05) is 91.0 Å². The van der Waals surface area contributed by atoms with E-state index in [2.05, 4.69) is 15.3 Å². The summed E-state index contributed by atoms with van der Waals surface area (Å²) in [4.78, 5) is 30.7. The number of amides is 1. The van der Waals surface area contributed by atoms with Gasteiger partial charge in [-0.1, -0.05) is 72.8 Å². The molecular formula is C30H23N5O. The molecule has 0 aliphatic carbocycles. The van der Waals surface area contributed by atoms with Gasteiger partial charge in [-0.3, -0.25) is 4.79 Å². The highest BCUT2D eigenvalue weighted by molar-refractivity contribution is 5.98. The minimum absolute atomic E-state index is 0.150. The molecule has 2 aromatic heterocycles. The molecule has 0 bridgehead atoms. The number of fused-ring (bicyclic) bond motifs is 2. The topological polar surface area (TPSA) is 83.6 Å². The zero-order valence-electron chi connectivity index (χ0n) is 19.5. The Kier molecular flexibility index (Phi) is 5.68. The summed E-state index contributed by atoms with van der Waals surface area (Å²) >= 11 is 0. The lowest BCUT2D eigenvalue weighted by atomic mass is 10.0. The molecule has 174 valence electrons. The molecule has 6 heteroatoms. The van der Waals surface area contributed by atoms with Crippen LogP contribution in [-0.2, 0) is 6.42 Å². The summed E-state index contributed by atoms with van der Waals surface area (Å²) in [6.07, 6.45) is 0.617. The van der Waals surface area contributed by atoms with Gasteiger partial charge in [0, 0.05) is 29.7 Å².